The monoisotopic (exact) mass is 487 g/mol. The fraction of sp³-hybridized carbons (Fsp3) is 0.500. The molecule has 0 aliphatic carbocycles. The van der Waals surface area contributed by atoms with E-state index in [4.69, 9.17) is 0 Å². The SMILES string of the molecule is Cc1cn2c(=O)c(-c3cnn(CC(F)(F)C(F)(F)F)c3)c(C(F)(F)F)nc2n1CC(C)(C)O. The fourth-order valence-corrected chi connectivity index (χ4v) is 3.16. The van der Waals surface area contributed by atoms with Gasteiger partial charge in [-0.25, -0.2) is 4.98 Å². The highest BCUT2D eigenvalue weighted by molar-refractivity contribution is 5.65. The molecule has 33 heavy (non-hydrogen) atoms. The minimum Gasteiger partial charge on any atom is -0.389 e. The Kier molecular flexibility index (Phi) is 5.63. The molecule has 182 valence electrons. The van der Waals surface area contributed by atoms with E-state index in [1.54, 1.807) is 0 Å². The number of alkyl halides is 8. The van der Waals surface area contributed by atoms with E-state index in [9.17, 15) is 45.0 Å². The maximum atomic E-state index is 13.8. The van der Waals surface area contributed by atoms with E-state index < -0.39 is 58.6 Å². The van der Waals surface area contributed by atoms with Gasteiger partial charge < -0.3 is 9.67 Å². The summed E-state index contributed by atoms with van der Waals surface area (Å²) in [6.07, 6.45) is -8.86. The van der Waals surface area contributed by atoms with Crippen LogP contribution in [-0.4, -0.2) is 46.5 Å². The fourth-order valence-electron chi connectivity index (χ4n) is 3.16. The Balaban J connectivity index is 2.21. The van der Waals surface area contributed by atoms with Crippen molar-refractivity contribution >= 4 is 5.78 Å². The molecule has 0 bridgehead atoms. The molecule has 7 nitrogen and oxygen atoms in total. The Labute approximate surface area is 179 Å². The van der Waals surface area contributed by atoms with Gasteiger partial charge in [0.2, 0.25) is 5.78 Å². The average Bonchev–Trinajstić information content (AvgIpc) is 3.17. The summed E-state index contributed by atoms with van der Waals surface area (Å²) in [4.78, 5) is 16.5. The van der Waals surface area contributed by atoms with Crippen molar-refractivity contribution in [2.45, 2.75) is 57.7 Å². The van der Waals surface area contributed by atoms with Crippen LogP contribution in [0.1, 0.15) is 25.2 Å². The molecule has 15 heteroatoms. The minimum absolute atomic E-state index is 0.0992. The highest BCUT2D eigenvalue weighted by Crippen LogP contribution is 2.38. The number of hydrogen-bond acceptors (Lipinski definition) is 4. The van der Waals surface area contributed by atoms with Crippen LogP contribution in [0.3, 0.4) is 0 Å². The van der Waals surface area contributed by atoms with E-state index in [-0.39, 0.29) is 16.9 Å². The third-order valence-corrected chi connectivity index (χ3v) is 4.59. The van der Waals surface area contributed by atoms with E-state index in [1.165, 1.54) is 31.5 Å². The van der Waals surface area contributed by atoms with Crippen LogP contribution in [0.15, 0.2) is 23.4 Å². The first kappa shape index (κ1) is 24.7. The average molecular weight is 487 g/mol. The lowest BCUT2D eigenvalue weighted by atomic mass is 10.1. The Hall–Kier alpha value is -2.97. The maximum absolute atomic E-state index is 13.8. The Morgan fingerprint density at radius 3 is 2.12 bits per heavy atom. The first-order chi connectivity index (χ1) is 14.8. The van der Waals surface area contributed by atoms with Crippen LogP contribution in [-0.2, 0) is 19.3 Å². The van der Waals surface area contributed by atoms with Crippen molar-refractivity contribution in [3.8, 4) is 11.1 Å². The summed E-state index contributed by atoms with van der Waals surface area (Å²) in [7, 11) is 0. The molecule has 0 aromatic carbocycles. The van der Waals surface area contributed by atoms with Gasteiger partial charge in [-0.1, -0.05) is 0 Å². The highest BCUT2D eigenvalue weighted by Gasteiger charge is 2.57. The van der Waals surface area contributed by atoms with Crippen molar-refractivity contribution in [2.75, 3.05) is 0 Å². The number of aliphatic hydroxyl groups is 1. The number of nitrogens with zero attached hydrogens (tertiary/aromatic N) is 5. The van der Waals surface area contributed by atoms with Gasteiger partial charge in [0.05, 0.1) is 23.9 Å². The summed E-state index contributed by atoms with van der Waals surface area (Å²) < 4.78 is 107. The van der Waals surface area contributed by atoms with Crippen molar-refractivity contribution in [2.24, 2.45) is 0 Å². The molecule has 3 heterocycles. The smallest absolute Gasteiger partial charge is 0.389 e. The molecular formula is C18H17F8N5O2. The molecule has 0 radical (unpaired) electrons. The lowest BCUT2D eigenvalue weighted by molar-refractivity contribution is -0.287. The van der Waals surface area contributed by atoms with E-state index in [2.05, 4.69) is 10.1 Å². The number of fused-ring (bicyclic) bond motifs is 1. The zero-order chi connectivity index (χ0) is 25.1. The summed E-state index contributed by atoms with van der Waals surface area (Å²) in [5.41, 5.74) is -5.71. The van der Waals surface area contributed by atoms with E-state index >= 15 is 0 Å². The van der Waals surface area contributed by atoms with Crippen LogP contribution in [0.5, 0.6) is 0 Å². The van der Waals surface area contributed by atoms with E-state index in [0.717, 1.165) is 4.40 Å². The molecule has 3 aromatic heterocycles. The summed E-state index contributed by atoms with van der Waals surface area (Å²) >= 11 is 0. The van der Waals surface area contributed by atoms with Gasteiger partial charge in [-0.3, -0.25) is 13.9 Å². The minimum atomic E-state index is -5.91. The molecule has 0 spiro atoms. The predicted octanol–water partition coefficient (Wildman–Crippen LogP) is 3.66. The molecule has 0 aliphatic rings. The topological polar surface area (TPSA) is 77.4 Å². The van der Waals surface area contributed by atoms with Crippen LogP contribution in [0.2, 0.25) is 0 Å². The molecule has 0 saturated carbocycles. The summed E-state index contributed by atoms with van der Waals surface area (Å²) in [5.74, 6) is -5.64. The summed E-state index contributed by atoms with van der Waals surface area (Å²) in [6.45, 7) is 2.05. The van der Waals surface area contributed by atoms with Crippen molar-refractivity contribution < 1.29 is 40.2 Å². The van der Waals surface area contributed by atoms with Crippen molar-refractivity contribution in [1.29, 1.82) is 0 Å². The first-order valence-corrected chi connectivity index (χ1v) is 9.21. The molecule has 3 aromatic rings. The summed E-state index contributed by atoms with van der Waals surface area (Å²) in [5, 5.41) is 13.3. The number of imidazole rings is 1. The quantitative estimate of drug-likeness (QED) is 0.558. The molecule has 0 fully saturated rings. The van der Waals surface area contributed by atoms with Gasteiger partial charge >= 0.3 is 18.3 Å². The maximum Gasteiger partial charge on any atom is 0.455 e. The standard InChI is InChI=1S/C18H17F8N5O2/c1-9-5-30-13(32)11(10-4-27-29(6-10)8-16(19,20)18(24,25)26)12(17(21,22)23)28-14(30)31(9)7-15(2,3)33/h4-6,33H,7-8H2,1-3H3. The van der Waals surface area contributed by atoms with Crippen LogP contribution < -0.4 is 5.56 Å². The van der Waals surface area contributed by atoms with Crippen LogP contribution >= 0.6 is 0 Å². The second-order valence-electron chi connectivity index (χ2n) is 8.11. The zero-order valence-corrected chi connectivity index (χ0v) is 17.3. The molecule has 0 aliphatic heterocycles. The second kappa shape index (κ2) is 7.53. The second-order valence-corrected chi connectivity index (χ2v) is 8.11. The predicted molar refractivity (Wildman–Crippen MR) is 97.7 cm³/mol. The molecule has 3 rings (SSSR count). The van der Waals surface area contributed by atoms with Gasteiger partial charge in [0.25, 0.3) is 5.56 Å². The largest absolute Gasteiger partial charge is 0.455 e. The van der Waals surface area contributed by atoms with Gasteiger partial charge in [0.1, 0.15) is 6.54 Å². The van der Waals surface area contributed by atoms with Crippen molar-refractivity contribution in [3.63, 3.8) is 0 Å². The third kappa shape index (κ3) is 4.72. The van der Waals surface area contributed by atoms with Crippen LogP contribution in [0.25, 0.3) is 16.9 Å². The number of aromatic nitrogens is 5. The molecular weight excluding hydrogens is 470 g/mol. The van der Waals surface area contributed by atoms with Gasteiger partial charge in [-0.15, -0.1) is 0 Å². The van der Waals surface area contributed by atoms with E-state index in [1.807, 2.05) is 0 Å². The normalized spacial score (nSPS) is 13.8. The number of aryl methyl sites for hydroxylation is 1. The number of hydrogen-bond donors (Lipinski definition) is 1. The Morgan fingerprint density at radius 2 is 1.61 bits per heavy atom. The van der Waals surface area contributed by atoms with Gasteiger partial charge in [-0.05, 0) is 20.8 Å². The summed E-state index contributed by atoms with van der Waals surface area (Å²) in [6, 6.07) is 0. The van der Waals surface area contributed by atoms with Crippen molar-refractivity contribution in [3.05, 3.63) is 40.3 Å². The number of halogens is 8. The van der Waals surface area contributed by atoms with E-state index in [0.29, 0.717) is 12.4 Å². The van der Waals surface area contributed by atoms with Gasteiger partial charge in [0.15, 0.2) is 5.69 Å². The Morgan fingerprint density at radius 1 is 1.00 bits per heavy atom. The zero-order valence-electron chi connectivity index (χ0n) is 17.3. The highest BCUT2D eigenvalue weighted by atomic mass is 19.4. The van der Waals surface area contributed by atoms with Crippen LogP contribution in [0.4, 0.5) is 35.1 Å². The van der Waals surface area contributed by atoms with Crippen molar-refractivity contribution in [1.82, 2.24) is 23.7 Å². The first-order valence-electron chi connectivity index (χ1n) is 9.21. The van der Waals surface area contributed by atoms with Gasteiger partial charge in [0, 0.05) is 23.7 Å². The molecule has 1 N–H and O–H groups in total. The third-order valence-electron chi connectivity index (χ3n) is 4.59. The molecule has 0 amide bonds. The Bertz CT molecular complexity index is 1240. The molecule has 0 unspecified atom stereocenters. The number of rotatable bonds is 5. The lowest BCUT2D eigenvalue weighted by Crippen LogP contribution is -2.40. The molecule has 0 saturated heterocycles. The molecule has 0 atom stereocenters. The van der Waals surface area contributed by atoms with Gasteiger partial charge in [-0.2, -0.15) is 40.2 Å². The lowest BCUT2D eigenvalue weighted by Gasteiger charge is -2.20. The van der Waals surface area contributed by atoms with Crippen LogP contribution in [0, 0.1) is 6.92 Å².